The second kappa shape index (κ2) is 7.39. The molecule has 0 saturated heterocycles. The molecule has 0 radical (unpaired) electrons. The average molecular weight is 478 g/mol. The van der Waals surface area contributed by atoms with E-state index < -0.39 is 0 Å². The Labute approximate surface area is 205 Å². The Balaban J connectivity index is 1.55. The summed E-state index contributed by atoms with van der Waals surface area (Å²) in [6.45, 7) is 0. The predicted octanol–water partition coefficient (Wildman–Crippen LogP) is 9.66. The number of halogens is 2. The van der Waals surface area contributed by atoms with Crippen LogP contribution in [-0.4, -0.2) is 4.57 Å². The molecule has 7 aromatic rings. The zero-order chi connectivity index (χ0) is 22.8. The molecule has 2 aromatic heterocycles. The monoisotopic (exact) mass is 477 g/mol. The molecule has 0 aliphatic heterocycles. The zero-order valence-electron chi connectivity index (χ0n) is 17.9. The summed E-state index contributed by atoms with van der Waals surface area (Å²) >= 11 is 12.7. The van der Waals surface area contributed by atoms with Crippen LogP contribution in [0.5, 0.6) is 0 Å². The lowest BCUT2D eigenvalue weighted by Gasteiger charge is -2.09. The summed E-state index contributed by atoms with van der Waals surface area (Å²) in [6.07, 6.45) is 0. The molecule has 0 atom stereocenters. The van der Waals surface area contributed by atoms with Crippen LogP contribution in [0.4, 0.5) is 0 Å². The van der Waals surface area contributed by atoms with E-state index in [-0.39, 0.29) is 0 Å². The Morgan fingerprint density at radius 3 is 2.26 bits per heavy atom. The van der Waals surface area contributed by atoms with Gasteiger partial charge in [-0.25, -0.2) is 0 Å². The van der Waals surface area contributed by atoms with E-state index in [1.807, 2.05) is 30.3 Å². The highest BCUT2D eigenvalue weighted by atomic mass is 35.5. The topological polar surface area (TPSA) is 18.1 Å². The van der Waals surface area contributed by atoms with Crippen LogP contribution in [0.2, 0.25) is 10.0 Å². The van der Waals surface area contributed by atoms with Crippen molar-refractivity contribution in [2.45, 2.75) is 0 Å². The fourth-order valence-electron chi connectivity index (χ4n) is 5.04. The number of furan rings is 1. The minimum atomic E-state index is 0.701. The van der Waals surface area contributed by atoms with Crippen LogP contribution in [-0.2, 0) is 0 Å². The van der Waals surface area contributed by atoms with Gasteiger partial charge in [-0.1, -0.05) is 77.8 Å². The molecule has 0 aliphatic rings. The second-order valence-corrected chi connectivity index (χ2v) is 9.30. The van der Waals surface area contributed by atoms with Gasteiger partial charge in [0.2, 0.25) is 0 Å². The van der Waals surface area contributed by atoms with E-state index in [1.165, 1.54) is 10.8 Å². The first-order valence-electron chi connectivity index (χ1n) is 11.1. The lowest BCUT2D eigenvalue weighted by atomic mass is 10.0. The Morgan fingerprint density at radius 1 is 0.618 bits per heavy atom. The lowest BCUT2D eigenvalue weighted by molar-refractivity contribution is 0.670. The molecule has 0 saturated carbocycles. The number of hydrogen-bond acceptors (Lipinski definition) is 1. The van der Waals surface area contributed by atoms with Gasteiger partial charge in [-0.3, -0.25) is 0 Å². The van der Waals surface area contributed by atoms with Gasteiger partial charge >= 0.3 is 0 Å². The van der Waals surface area contributed by atoms with Crippen molar-refractivity contribution in [3.8, 4) is 16.8 Å². The maximum absolute atomic E-state index is 6.53. The number of benzene rings is 5. The lowest BCUT2D eigenvalue weighted by Crippen LogP contribution is -1.93. The molecular formula is C30H17Cl2NO. The van der Waals surface area contributed by atoms with Gasteiger partial charge in [-0.2, -0.15) is 0 Å². The number of rotatable bonds is 2. The van der Waals surface area contributed by atoms with Gasteiger partial charge in [0, 0.05) is 37.8 Å². The number of nitrogens with zero attached hydrogens (tertiary/aromatic N) is 1. The molecular weight excluding hydrogens is 461 g/mol. The van der Waals surface area contributed by atoms with Crippen LogP contribution in [0.1, 0.15) is 0 Å². The van der Waals surface area contributed by atoms with E-state index >= 15 is 0 Å². The zero-order valence-corrected chi connectivity index (χ0v) is 19.4. The molecule has 2 nitrogen and oxygen atoms in total. The highest BCUT2D eigenvalue weighted by molar-refractivity contribution is 6.38. The fourth-order valence-corrected chi connectivity index (χ4v) is 5.43. The number of aromatic nitrogens is 1. The van der Waals surface area contributed by atoms with Crippen LogP contribution < -0.4 is 0 Å². The van der Waals surface area contributed by atoms with Crippen molar-refractivity contribution >= 4 is 66.9 Å². The first kappa shape index (κ1) is 19.7. The van der Waals surface area contributed by atoms with Crippen LogP contribution in [0, 0.1) is 0 Å². The Hall–Kier alpha value is -3.72. The van der Waals surface area contributed by atoms with Gasteiger partial charge in [0.15, 0.2) is 0 Å². The van der Waals surface area contributed by atoms with Gasteiger partial charge in [0.05, 0.1) is 16.1 Å². The maximum Gasteiger partial charge on any atom is 0.143 e. The molecule has 34 heavy (non-hydrogen) atoms. The number of para-hydroxylation sites is 2. The van der Waals surface area contributed by atoms with Crippen molar-refractivity contribution in [2.75, 3.05) is 0 Å². The van der Waals surface area contributed by atoms with E-state index in [4.69, 9.17) is 27.6 Å². The highest BCUT2D eigenvalue weighted by Gasteiger charge is 2.17. The van der Waals surface area contributed by atoms with E-state index in [0.29, 0.717) is 5.02 Å². The summed E-state index contributed by atoms with van der Waals surface area (Å²) in [7, 11) is 0. The number of hydrogen-bond donors (Lipinski definition) is 0. The Kier molecular flexibility index (Phi) is 4.29. The molecule has 0 fully saturated rings. The van der Waals surface area contributed by atoms with Crippen molar-refractivity contribution in [1.29, 1.82) is 0 Å². The molecule has 0 aliphatic carbocycles. The summed E-state index contributed by atoms with van der Waals surface area (Å²) < 4.78 is 8.60. The van der Waals surface area contributed by atoms with Crippen LogP contribution in [0.15, 0.2) is 108 Å². The molecule has 4 heteroatoms. The third kappa shape index (κ3) is 2.83. The van der Waals surface area contributed by atoms with E-state index in [1.54, 1.807) is 0 Å². The molecule has 162 valence electrons. The Morgan fingerprint density at radius 2 is 1.38 bits per heavy atom. The fraction of sp³-hybridized carbons (Fsp3) is 0. The normalized spacial score (nSPS) is 11.8. The largest absolute Gasteiger partial charge is 0.455 e. The molecule has 7 rings (SSSR count). The summed E-state index contributed by atoms with van der Waals surface area (Å²) in [5, 5.41) is 5.82. The van der Waals surface area contributed by atoms with E-state index in [9.17, 15) is 0 Å². The maximum atomic E-state index is 6.53. The molecule has 0 unspecified atom stereocenters. The quantitative estimate of drug-likeness (QED) is 0.242. The third-order valence-electron chi connectivity index (χ3n) is 6.54. The Bertz CT molecular complexity index is 1880. The molecule has 2 heterocycles. The highest BCUT2D eigenvalue weighted by Crippen LogP contribution is 2.40. The van der Waals surface area contributed by atoms with E-state index in [2.05, 4.69) is 77.4 Å². The second-order valence-electron chi connectivity index (χ2n) is 8.46. The van der Waals surface area contributed by atoms with Crippen LogP contribution in [0.25, 0.3) is 60.6 Å². The van der Waals surface area contributed by atoms with Gasteiger partial charge < -0.3 is 8.98 Å². The van der Waals surface area contributed by atoms with Crippen molar-refractivity contribution in [3.05, 3.63) is 113 Å². The first-order valence-corrected chi connectivity index (χ1v) is 11.8. The van der Waals surface area contributed by atoms with Crippen molar-refractivity contribution < 1.29 is 4.42 Å². The minimum absolute atomic E-state index is 0.701. The smallest absolute Gasteiger partial charge is 0.143 e. The predicted molar refractivity (Wildman–Crippen MR) is 144 cm³/mol. The molecule has 0 bridgehead atoms. The first-order chi connectivity index (χ1) is 16.7. The van der Waals surface area contributed by atoms with Gasteiger partial charge in [0.25, 0.3) is 0 Å². The van der Waals surface area contributed by atoms with E-state index in [0.717, 1.165) is 54.8 Å². The third-order valence-corrected chi connectivity index (χ3v) is 7.11. The van der Waals surface area contributed by atoms with Crippen molar-refractivity contribution in [3.63, 3.8) is 0 Å². The summed E-state index contributed by atoms with van der Waals surface area (Å²) in [4.78, 5) is 0. The summed E-state index contributed by atoms with van der Waals surface area (Å²) in [5.74, 6) is 0. The SMILES string of the molecule is Clc1ccc(-n2c3ccccc3c3ccc(-c4cccc5c4oc4cccc(Cl)c45)cc32)cc1. The van der Waals surface area contributed by atoms with Crippen molar-refractivity contribution in [1.82, 2.24) is 4.57 Å². The molecule has 0 spiro atoms. The van der Waals surface area contributed by atoms with Gasteiger partial charge in [0.1, 0.15) is 11.2 Å². The summed E-state index contributed by atoms with van der Waals surface area (Å²) in [5.41, 5.74) is 7.13. The number of fused-ring (bicyclic) bond motifs is 6. The standard InChI is InChI=1S/C30H17Cl2NO/c31-19-12-14-20(15-13-19)33-26-9-2-1-5-22(26)23-16-11-18(17-27(23)33)21-6-3-7-24-29-25(32)8-4-10-28(29)34-30(21)24/h1-17H. The van der Waals surface area contributed by atoms with Crippen LogP contribution >= 0.6 is 23.2 Å². The summed E-state index contributed by atoms with van der Waals surface area (Å²) in [6, 6.07) is 35.1. The average Bonchev–Trinajstić information content (AvgIpc) is 3.41. The van der Waals surface area contributed by atoms with Gasteiger partial charge in [-0.05, 0) is 54.1 Å². The molecule has 0 amide bonds. The molecule has 5 aromatic carbocycles. The molecule has 0 N–H and O–H groups in total. The van der Waals surface area contributed by atoms with Gasteiger partial charge in [-0.15, -0.1) is 0 Å². The minimum Gasteiger partial charge on any atom is -0.455 e. The van der Waals surface area contributed by atoms with Crippen LogP contribution in [0.3, 0.4) is 0 Å². The van der Waals surface area contributed by atoms with Crippen molar-refractivity contribution in [2.24, 2.45) is 0 Å².